The number of unbranched alkanes of at least 4 members (excludes halogenated alkanes) is 14. The van der Waals surface area contributed by atoms with Gasteiger partial charge in [0.05, 0.1) is 45.7 Å². The maximum absolute atomic E-state index is 12.5. The number of carbonyl (C=O) groups is 10. The first-order chi connectivity index (χ1) is 36.5. The number of carboxylic acid groups (broad SMARTS) is 3. The van der Waals surface area contributed by atoms with Crippen molar-refractivity contribution in [3.05, 3.63) is 0 Å². The standard InChI is InChI=1S/C50H89IN8O17/c1-2-37(47(52)67)58-48(68)38(59-51)19-17-18-26-53-44(63)35-75-33-32-74-30-28-55-45(64)36-76-34-31-73-29-27-54-41(60)24-22-39(49(69)70)57-43(62)25-23-40(50(71)72)56-42(61)20-15-13-11-9-7-5-3-4-6-8-10-12-14-16-21-46(65)66/h37-40,59H,2-36H2,1H3,(H2,52,67)(H,53,63)(H,54,60)(H,55,64)(H,56,61)(H,57,62)(H,58,68)(H,65,66)(H,69,70)(H,71,72)/t37-,38-,39-,40-/m0/s1. The second kappa shape index (κ2) is 48.6. The van der Waals surface area contributed by atoms with E-state index in [4.69, 9.17) is 29.8 Å². The second-order valence-electron chi connectivity index (χ2n) is 18.2. The molecule has 0 aromatic rings. The summed E-state index contributed by atoms with van der Waals surface area (Å²) in [4.78, 5) is 119. The maximum atomic E-state index is 12.5. The second-order valence-corrected chi connectivity index (χ2v) is 18.9. The first kappa shape index (κ1) is 71.2. The minimum Gasteiger partial charge on any atom is -0.481 e. The number of halogens is 1. The van der Waals surface area contributed by atoms with Gasteiger partial charge in [0.15, 0.2) is 0 Å². The van der Waals surface area contributed by atoms with Crippen LogP contribution in [0.1, 0.15) is 161 Å². The van der Waals surface area contributed by atoms with E-state index in [1.54, 1.807) is 6.92 Å². The van der Waals surface area contributed by atoms with Crippen LogP contribution in [0.25, 0.3) is 0 Å². The monoisotopic (exact) mass is 1200 g/mol. The average molecular weight is 1200 g/mol. The molecule has 0 saturated carbocycles. The van der Waals surface area contributed by atoms with E-state index in [0.717, 1.165) is 57.8 Å². The van der Waals surface area contributed by atoms with Gasteiger partial charge in [-0.1, -0.05) is 84.0 Å². The fourth-order valence-corrected chi connectivity index (χ4v) is 7.94. The largest absolute Gasteiger partial charge is 0.481 e. The van der Waals surface area contributed by atoms with Gasteiger partial charge in [0, 0.05) is 68.2 Å². The van der Waals surface area contributed by atoms with Gasteiger partial charge in [0.25, 0.3) is 0 Å². The van der Waals surface area contributed by atoms with Crippen molar-refractivity contribution in [2.75, 3.05) is 72.5 Å². The number of amides is 7. The van der Waals surface area contributed by atoms with E-state index >= 15 is 0 Å². The summed E-state index contributed by atoms with van der Waals surface area (Å²) in [6.07, 6.45) is 16.0. The molecule has 0 aliphatic carbocycles. The summed E-state index contributed by atoms with van der Waals surface area (Å²) in [5.41, 5.74) is 5.29. The van der Waals surface area contributed by atoms with Crippen LogP contribution in [0.5, 0.6) is 0 Å². The Morgan fingerprint density at radius 1 is 0.421 bits per heavy atom. The highest BCUT2D eigenvalue weighted by atomic mass is 127. The van der Waals surface area contributed by atoms with E-state index < -0.39 is 65.7 Å². The van der Waals surface area contributed by atoms with Crippen molar-refractivity contribution in [2.45, 2.75) is 185 Å². The van der Waals surface area contributed by atoms with E-state index in [2.05, 4.69) is 35.4 Å². The zero-order valence-corrected chi connectivity index (χ0v) is 46.7. The number of hydrogen-bond donors (Lipinski definition) is 11. The van der Waals surface area contributed by atoms with Crippen LogP contribution in [0.2, 0.25) is 0 Å². The zero-order valence-electron chi connectivity index (χ0n) is 44.6. The van der Waals surface area contributed by atoms with Gasteiger partial charge in [0.1, 0.15) is 31.3 Å². The molecule has 0 bridgehead atoms. The molecule has 4 atom stereocenters. The van der Waals surface area contributed by atoms with Crippen LogP contribution in [-0.2, 0) is 66.9 Å². The Morgan fingerprint density at radius 3 is 1.26 bits per heavy atom. The van der Waals surface area contributed by atoms with Crippen molar-refractivity contribution in [3.8, 4) is 0 Å². The number of primary amides is 1. The van der Waals surface area contributed by atoms with Gasteiger partial charge < -0.3 is 71.9 Å². The van der Waals surface area contributed by atoms with Gasteiger partial charge in [-0.05, 0) is 51.4 Å². The molecule has 0 aliphatic heterocycles. The summed E-state index contributed by atoms with van der Waals surface area (Å²) in [6, 6.07) is -3.95. The number of aliphatic carboxylic acids is 3. The average Bonchev–Trinajstić information content (AvgIpc) is 3.37. The van der Waals surface area contributed by atoms with Crippen LogP contribution in [0.3, 0.4) is 0 Å². The lowest BCUT2D eigenvalue weighted by molar-refractivity contribution is -0.143. The lowest BCUT2D eigenvalue weighted by atomic mass is 10.0. The molecule has 0 heterocycles. The van der Waals surface area contributed by atoms with Crippen molar-refractivity contribution in [3.63, 3.8) is 0 Å². The van der Waals surface area contributed by atoms with Gasteiger partial charge in [-0.3, -0.25) is 38.4 Å². The molecule has 438 valence electrons. The summed E-state index contributed by atoms with van der Waals surface area (Å²) in [6.45, 7) is 3.03. The normalized spacial score (nSPS) is 12.6. The van der Waals surface area contributed by atoms with Gasteiger partial charge in [-0.25, -0.2) is 13.1 Å². The van der Waals surface area contributed by atoms with Gasteiger partial charge in [-0.15, -0.1) is 0 Å². The summed E-state index contributed by atoms with van der Waals surface area (Å²) < 4.78 is 24.2. The fourth-order valence-electron chi connectivity index (χ4n) is 7.35. The third kappa shape index (κ3) is 43.3. The third-order valence-electron chi connectivity index (χ3n) is 11.7. The number of nitrogens with two attached hydrogens (primary N) is 1. The molecule has 76 heavy (non-hydrogen) atoms. The quantitative estimate of drug-likeness (QED) is 0.0236. The molecule has 0 aliphatic rings. The van der Waals surface area contributed by atoms with Gasteiger partial charge >= 0.3 is 17.9 Å². The topological polar surface area (TPSA) is 379 Å². The number of carbonyl (C=O) groups excluding carboxylic acids is 7. The molecule has 0 saturated heterocycles. The molecule has 0 spiro atoms. The van der Waals surface area contributed by atoms with Crippen LogP contribution in [0.15, 0.2) is 0 Å². The zero-order chi connectivity index (χ0) is 56.6. The molecule has 0 radical (unpaired) electrons. The smallest absolute Gasteiger partial charge is 0.326 e. The highest BCUT2D eigenvalue weighted by Crippen LogP contribution is 2.14. The molecule has 0 aromatic carbocycles. The predicted octanol–water partition coefficient (Wildman–Crippen LogP) is 2.29. The predicted molar refractivity (Wildman–Crippen MR) is 288 cm³/mol. The number of carboxylic acids is 3. The summed E-state index contributed by atoms with van der Waals surface area (Å²) in [7, 11) is 0. The molecule has 0 aromatic heterocycles. The van der Waals surface area contributed by atoms with Crippen molar-refractivity contribution >= 4 is 82.1 Å². The van der Waals surface area contributed by atoms with Crippen molar-refractivity contribution in [1.29, 1.82) is 0 Å². The third-order valence-corrected chi connectivity index (χ3v) is 12.5. The van der Waals surface area contributed by atoms with E-state index in [-0.39, 0.29) is 122 Å². The summed E-state index contributed by atoms with van der Waals surface area (Å²) in [5.74, 6) is -6.64. The molecule has 0 fully saturated rings. The number of hydrogen-bond acceptors (Lipinski definition) is 15. The molecule has 7 amide bonds. The van der Waals surface area contributed by atoms with E-state index in [1.807, 2.05) is 22.9 Å². The maximum Gasteiger partial charge on any atom is 0.326 e. The van der Waals surface area contributed by atoms with Crippen molar-refractivity contribution in [2.24, 2.45) is 5.73 Å². The van der Waals surface area contributed by atoms with Crippen LogP contribution >= 0.6 is 22.9 Å². The molecule has 0 unspecified atom stereocenters. The Kier molecular flexibility index (Phi) is 45.5. The minimum atomic E-state index is -1.40. The first-order valence-electron chi connectivity index (χ1n) is 26.8. The van der Waals surface area contributed by atoms with E-state index in [0.29, 0.717) is 38.6 Å². The Balaban J connectivity index is 3.94. The van der Waals surface area contributed by atoms with Crippen molar-refractivity contribution < 1.29 is 82.2 Å². The lowest BCUT2D eigenvalue weighted by Crippen LogP contribution is -2.50. The fraction of sp³-hybridized carbons (Fsp3) is 0.800. The van der Waals surface area contributed by atoms with Crippen molar-refractivity contribution in [1.82, 2.24) is 35.4 Å². The Labute approximate surface area is 461 Å². The number of nitrogens with one attached hydrogen (secondary N) is 7. The SMILES string of the molecule is CC[C@H](NC(=O)[C@H](CCCCNC(=O)COCCOCCNC(=O)COCCOCCNC(=O)CC[C@H](NC(=O)CC[C@H](NC(=O)CCCCCCCCCCCCCCCCC(=O)O)C(=O)O)C(=O)O)NI)C(N)=O. The molecule has 0 rings (SSSR count). The summed E-state index contributed by atoms with van der Waals surface area (Å²) in [5, 5.41) is 43.2. The summed E-state index contributed by atoms with van der Waals surface area (Å²) >= 11 is 1.88. The molecular formula is C50H89IN8O17. The number of rotatable bonds is 53. The van der Waals surface area contributed by atoms with Crippen LogP contribution in [-0.4, -0.2) is 171 Å². The van der Waals surface area contributed by atoms with Gasteiger partial charge in [0.2, 0.25) is 41.4 Å². The van der Waals surface area contributed by atoms with Crippen LogP contribution in [0.4, 0.5) is 0 Å². The molecular weight excluding hydrogens is 1110 g/mol. The molecule has 25 nitrogen and oxygen atoms in total. The van der Waals surface area contributed by atoms with E-state index in [1.165, 1.54) is 25.7 Å². The van der Waals surface area contributed by atoms with E-state index in [9.17, 15) is 58.2 Å². The molecule has 26 heteroatoms. The Bertz CT molecular complexity index is 1680. The Hall–Kier alpha value is -4.77. The minimum absolute atomic E-state index is 0.0996. The highest BCUT2D eigenvalue weighted by Gasteiger charge is 2.25. The van der Waals surface area contributed by atoms with Crippen LogP contribution in [0, 0.1) is 0 Å². The number of ether oxygens (including phenoxy) is 4. The molecule has 12 N–H and O–H groups in total. The lowest BCUT2D eigenvalue weighted by Gasteiger charge is -2.19. The first-order valence-corrected chi connectivity index (χ1v) is 27.9. The highest BCUT2D eigenvalue weighted by molar-refractivity contribution is 14.1. The van der Waals surface area contributed by atoms with Gasteiger partial charge in [-0.2, -0.15) is 0 Å². The van der Waals surface area contributed by atoms with Crippen LogP contribution < -0.4 is 41.2 Å². The Morgan fingerprint density at radius 2 is 0.829 bits per heavy atom.